The molecule has 8 nitrogen and oxygen atoms in total. The zero-order chi connectivity index (χ0) is 23.2. The van der Waals surface area contributed by atoms with Gasteiger partial charge in [-0.2, -0.15) is 0 Å². The number of hydrogen-bond donors (Lipinski definition) is 1. The quantitative estimate of drug-likeness (QED) is 0.560. The molecule has 0 spiro atoms. The number of hydrogen-bond acceptors (Lipinski definition) is 6. The summed E-state index contributed by atoms with van der Waals surface area (Å²) in [6.07, 6.45) is 1.04. The summed E-state index contributed by atoms with van der Waals surface area (Å²) in [7, 11) is -0.892. The van der Waals surface area contributed by atoms with Crippen LogP contribution in [0.2, 0.25) is 0 Å². The van der Waals surface area contributed by atoms with Crippen molar-refractivity contribution in [3.05, 3.63) is 47.5 Å². The lowest BCUT2D eigenvalue weighted by Crippen LogP contribution is -2.48. The van der Waals surface area contributed by atoms with Crippen LogP contribution in [0.5, 0.6) is 17.2 Å². The Morgan fingerprint density at radius 1 is 1.10 bits per heavy atom. The maximum atomic E-state index is 12.7. The fraction of sp³-hybridized carbons (Fsp3) is 0.409. The van der Waals surface area contributed by atoms with E-state index in [9.17, 15) is 13.2 Å². The van der Waals surface area contributed by atoms with E-state index in [1.165, 1.54) is 27.2 Å². The number of nitrogens with zero attached hydrogens (tertiary/aromatic N) is 1. The zero-order valence-corrected chi connectivity index (χ0v) is 19.6. The third-order valence-electron chi connectivity index (χ3n) is 4.93. The lowest BCUT2D eigenvalue weighted by molar-refractivity contribution is -0.121. The molecule has 1 atom stereocenters. The van der Waals surface area contributed by atoms with Gasteiger partial charge in [0.25, 0.3) is 0 Å². The van der Waals surface area contributed by atoms with Gasteiger partial charge in [-0.15, -0.1) is 0 Å². The number of nitrogens with one attached hydrogen (secondary N) is 1. The Balaban J connectivity index is 2.13. The maximum Gasteiger partial charge on any atom is 0.243 e. The highest BCUT2D eigenvalue weighted by atomic mass is 32.2. The highest BCUT2D eigenvalue weighted by molar-refractivity contribution is 7.92. The molecule has 170 valence electrons. The average molecular weight is 451 g/mol. The predicted octanol–water partition coefficient (Wildman–Crippen LogP) is 2.67. The summed E-state index contributed by atoms with van der Waals surface area (Å²) in [6, 6.07) is 9.52. The van der Waals surface area contributed by atoms with Crippen molar-refractivity contribution in [3.63, 3.8) is 0 Å². The molecule has 0 aromatic heterocycles. The van der Waals surface area contributed by atoms with Gasteiger partial charge in [-0.25, -0.2) is 8.42 Å². The van der Waals surface area contributed by atoms with Crippen molar-refractivity contribution >= 4 is 21.6 Å². The number of anilines is 1. The molecule has 0 radical (unpaired) electrons. The molecular weight excluding hydrogens is 420 g/mol. The first-order valence-electron chi connectivity index (χ1n) is 9.78. The molecule has 0 saturated heterocycles. The van der Waals surface area contributed by atoms with Crippen LogP contribution < -0.4 is 23.8 Å². The number of sulfonamides is 1. The van der Waals surface area contributed by atoms with E-state index in [4.69, 9.17) is 14.2 Å². The van der Waals surface area contributed by atoms with E-state index in [1.807, 2.05) is 32.0 Å². The smallest absolute Gasteiger partial charge is 0.243 e. The number of carbonyl (C=O) groups is 1. The number of benzene rings is 2. The summed E-state index contributed by atoms with van der Waals surface area (Å²) < 4.78 is 42.4. The lowest BCUT2D eigenvalue weighted by Gasteiger charge is -2.29. The van der Waals surface area contributed by atoms with E-state index in [1.54, 1.807) is 12.1 Å². The zero-order valence-electron chi connectivity index (χ0n) is 18.8. The van der Waals surface area contributed by atoms with Crippen molar-refractivity contribution in [2.45, 2.75) is 26.8 Å². The fourth-order valence-corrected chi connectivity index (χ4v) is 4.28. The summed E-state index contributed by atoms with van der Waals surface area (Å²) >= 11 is 0. The lowest BCUT2D eigenvalue weighted by atomic mass is 10.1. The Labute approximate surface area is 184 Å². The fourth-order valence-electron chi connectivity index (χ4n) is 3.11. The minimum Gasteiger partial charge on any atom is -0.497 e. The van der Waals surface area contributed by atoms with Crippen molar-refractivity contribution in [3.8, 4) is 17.2 Å². The molecule has 1 N–H and O–H groups in total. The van der Waals surface area contributed by atoms with E-state index in [2.05, 4.69) is 5.32 Å². The molecule has 1 unspecified atom stereocenters. The van der Waals surface area contributed by atoms with E-state index in [0.29, 0.717) is 11.5 Å². The summed E-state index contributed by atoms with van der Waals surface area (Å²) in [5.41, 5.74) is 2.38. The summed E-state index contributed by atoms with van der Waals surface area (Å²) in [5, 5.41) is 2.73. The van der Waals surface area contributed by atoms with Crippen molar-refractivity contribution in [1.29, 1.82) is 0 Å². The van der Waals surface area contributed by atoms with Gasteiger partial charge >= 0.3 is 0 Å². The Kier molecular flexibility index (Phi) is 8.15. The monoisotopic (exact) mass is 450 g/mol. The molecule has 2 aromatic carbocycles. The van der Waals surface area contributed by atoms with Crippen LogP contribution in [0.4, 0.5) is 5.69 Å². The van der Waals surface area contributed by atoms with Crippen molar-refractivity contribution in [1.82, 2.24) is 5.32 Å². The van der Waals surface area contributed by atoms with E-state index >= 15 is 0 Å². The van der Waals surface area contributed by atoms with Crippen LogP contribution in [-0.2, 0) is 14.8 Å². The number of aryl methyl sites for hydroxylation is 1. The molecule has 0 saturated carbocycles. The Morgan fingerprint density at radius 3 is 2.42 bits per heavy atom. The Morgan fingerprint density at radius 2 is 1.81 bits per heavy atom. The van der Waals surface area contributed by atoms with Gasteiger partial charge in [-0.1, -0.05) is 12.1 Å². The van der Waals surface area contributed by atoms with Gasteiger partial charge in [0.05, 0.1) is 32.7 Å². The second-order valence-corrected chi connectivity index (χ2v) is 8.97. The minimum absolute atomic E-state index is 0.221. The van der Waals surface area contributed by atoms with Crippen LogP contribution in [0.25, 0.3) is 0 Å². The number of ether oxygens (including phenoxy) is 3. The van der Waals surface area contributed by atoms with Crippen LogP contribution in [0.1, 0.15) is 18.1 Å². The third kappa shape index (κ3) is 6.04. The van der Waals surface area contributed by atoms with Crippen molar-refractivity contribution in [2.24, 2.45) is 0 Å². The minimum atomic E-state index is -3.80. The summed E-state index contributed by atoms with van der Waals surface area (Å²) in [6.45, 7) is 5.96. The highest BCUT2D eigenvalue weighted by Crippen LogP contribution is 2.35. The van der Waals surface area contributed by atoms with Crippen molar-refractivity contribution in [2.75, 3.05) is 37.9 Å². The molecule has 0 aliphatic carbocycles. The first-order valence-corrected chi connectivity index (χ1v) is 11.6. The van der Waals surface area contributed by atoms with Gasteiger partial charge in [0.15, 0.2) is 0 Å². The van der Waals surface area contributed by atoms with Gasteiger partial charge in [0.2, 0.25) is 15.9 Å². The van der Waals surface area contributed by atoms with Gasteiger partial charge in [0.1, 0.15) is 29.9 Å². The molecule has 0 heterocycles. The van der Waals surface area contributed by atoms with E-state index < -0.39 is 22.0 Å². The first kappa shape index (κ1) is 24.3. The Bertz CT molecular complexity index is 1020. The highest BCUT2D eigenvalue weighted by Gasteiger charge is 2.31. The molecule has 0 aliphatic heterocycles. The predicted molar refractivity (Wildman–Crippen MR) is 121 cm³/mol. The van der Waals surface area contributed by atoms with Gasteiger partial charge in [-0.05, 0) is 50.1 Å². The average Bonchev–Trinajstić information content (AvgIpc) is 2.72. The molecule has 2 rings (SSSR count). The molecule has 0 fully saturated rings. The van der Waals surface area contributed by atoms with Crippen molar-refractivity contribution < 1.29 is 27.4 Å². The van der Waals surface area contributed by atoms with Crippen LogP contribution in [-0.4, -0.2) is 54.0 Å². The van der Waals surface area contributed by atoms with E-state index in [0.717, 1.165) is 27.4 Å². The molecule has 2 aromatic rings. The molecule has 0 bridgehead atoms. The summed E-state index contributed by atoms with van der Waals surface area (Å²) in [5.74, 6) is 1.05. The number of carbonyl (C=O) groups excluding carboxylic acids is 1. The van der Waals surface area contributed by atoms with Crippen LogP contribution in [0.3, 0.4) is 0 Å². The third-order valence-corrected chi connectivity index (χ3v) is 6.15. The van der Waals surface area contributed by atoms with Gasteiger partial charge < -0.3 is 19.5 Å². The van der Waals surface area contributed by atoms with Crippen LogP contribution in [0.15, 0.2) is 36.4 Å². The second kappa shape index (κ2) is 10.4. The van der Waals surface area contributed by atoms with E-state index in [-0.39, 0.29) is 18.8 Å². The van der Waals surface area contributed by atoms with Crippen LogP contribution in [0, 0.1) is 13.8 Å². The molecule has 1 amide bonds. The molecule has 9 heteroatoms. The number of amides is 1. The number of methoxy groups -OCH3 is 2. The molecule has 0 aliphatic rings. The maximum absolute atomic E-state index is 12.7. The first-order chi connectivity index (χ1) is 14.6. The largest absolute Gasteiger partial charge is 0.497 e. The normalized spacial score (nSPS) is 12.1. The van der Waals surface area contributed by atoms with Crippen LogP contribution >= 0.6 is 0 Å². The molecule has 31 heavy (non-hydrogen) atoms. The number of rotatable bonds is 10. The second-order valence-electron chi connectivity index (χ2n) is 7.11. The summed E-state index contributed by atoms with van der Waals surface area (Å²) in [4.78, 5) is 12.7. The SMILES string of the molecule is COc1ccc(OC)c(N(C(C)C(=O)NCCOc2cccc(C)c2C)S(C)(=O)=O)c1. The van der Waals surface area contributed by atoms with Gasteiger partial charge in [-0.3, -0.25) is 9.10 Å². The van der Waals surface area contributed by atoms with Gasteiger partial charge in [0, 0.05) is 6.07 Å². The Hall–Kier alpha value is -2.94. The standard InChI is InChI=1S/C22H30N2O6S/c1-15-8-7-9-20(16(15)2)30-13-12-23-22(25)17(3)24(31(6,26)27)19-14-18(28-4)10-11-21(19)29-5/h7-11,14,17H,12-13H2,1-6H3,(H,23,25). The topological polar surface area (TPSA) is 94.2 Å². The molecular formula is C22H30N2O6S.